The molecule has 38 heavy (non-hydrogen) atoms. The quantitative estimate of drug-likeness (QED) is 0.264. The molecule has 0 saturated carbocycles. The Labute approximate surface area is 219 Å². The molecule has 0 spiro atoms. The number of nitrogens with two attached hydrogens (primary N) is 1. The molecule has 1 aliphatic heterocycles. The number of methoxy groups -OCH3 is 2. The third-order valence-electron chi connectivity index (χ3n) is 6.82. The third-order valence-corrected chi connectivity index (χ3v) is 6.82. The zero-order chi connectivity index (χ0) is 26.8. The lowest BCUT2D eigenvalue weighted by atomic mass is 9.82. The first kappa shape index (κ1) is 24.8. The molecule has 2 amide bonds. The van der Waals surface area contributed by atoms with E-state index in [1.807, 2.05) is 48.5 Å². The lowest BCUT2D eigenvalue weighted by Crippen LogP contribution is -2.37. The molecule has 4 aromatic rings. The number of nitrogens with one attached hydrogen (secondary N) is 2. The van der Waals surface area contributed by atoms with Crippen molar-refractivity contribution in [1.82, 2.24) is 9.88 Å². The van der Waals surface area contributed by atoms with E-state index in [1.54, 1.807) is 38.5 Å². The van der Waals surface area contributed by atoms with E-state index in [1.165, 1.54) is 4.90 Å². The first-order chi connectivity index (χ1) is 18.4. The van der Waals surface area contributed by atoms with Gasteiger partial charge in [0.1, 0.15) is 17.2 Å². The molecule has 0 fully saturated rings. The fourth-order valence-electron chi connectivity index (χ4n) is 5.09. The monoisotopic (exact) mass is 512 g/mol. The summed E-state index contributed by atoms with van der Waals surface area (Å²) < 4.78 is 11.3. The highest BCUT2D eigenvalue weighted by Gasteiger charge is 2.37. The Bertz CT molecular complexity index is 1510. The Morgan fingerprint density at radius 3 is 2.34 bits per heavy atom. The summed E-state index contributed by atoms with van der Waals surface area (Å²) in [7, 11) is 3.16. The average molecular weight is 513 g/mol. The highest BCUT2D eigenvalue weighted by molar-refractivity contribution is 6.10. The number of hydrogen-bond acceptors (Lipinski definition) is 5. The number of nitrogens with zero attached hydrogens (tertiary/aromatic N) is 1. The summed E-state index contributed by atoms with van der Waals surface area (Å²) in [5.74, 6) is 0.400. The maximum absolute atomic E-state index is 13.8. The molecule has 3 aromatic carbocycles. The summed E-state index contributed by atoms with van der Waals surface area (Å²) in [5, 5.41) is 12.8. The summed E-state index contributed by atoms with van der Waals surface area (Å²) in [6, 6.07) is 22.0. The van der Waals surface area contributed by atoms with Crippen molar-refractivity contribution in [2.75, 3.05) is 31.8 Å². The van der Waals surface area contributed by atoms with E-state index in [0.717, 1.165) is 11.1 Å². The number of para-hydroxylation sites is 4. The lowest BCUT2D eigenvalue weighted by molar-refractivity contribution is 0.102. The van der Waals surface area contributed by atoms with Crippen molar-refractivity contribution >= 4 is 23.4 Å². The second-order valence-electron chi connectivity index (χ2n) is 8.97. The number of anilines is 2. The van der Waals surface area contributed by atoms with Gasteiger partial charge in [-0.2, -0.15) is 0 Å². The van der Waals surface area contributed by atoms with Crippen molar-refractivity contribution in [3.8, 4) is 22.6 Å². The molecule has 9 nitrogen and oxygen atoms in total. The standard InChI is InChI=1S/C29H28N4O5/c1-37-23-13-7-3-9-17(23)19-15-33(29(35)36)16-22-25(19)26(18-10-4-8-14-24(18)38-2)27(31-22)28(34)32-21-12-6-5-11-20(21)30/h3-14,19,31H,15-16,30H2,1-2H3,(H,32,34)(H,35,36). The van der Waals surface area contributed by atoms with Gasteiger partial charge in [0, 0.05) is 34.8 Å². The number of benzene rings is 3. The van der Waals surface area contributed by atoms with Crippen molar-refractivity contribution in [1.29, 1.82) is 0 Å². The SMILES string of the molecule is COc1ccccc1-c1c(C(=O)Nc2ccccc2N)[nH]c2c1C(c1ccccc1OC)CN(C(=O)O)C2. The first-order valence-corrected chi connectivity index (χ1v) is 12.1. The largest absolute Gasteiger partial charge is 0.496 e. The van der Waals surface area contributed by atoms with Crippen molar-refractivity contribution in [2.45, 2.75) is 12.5 Å². The zero-order valence-corrected chi connectivity index (χ0v) is 21.0. The molecule has 194 valence electrons. The number of hydrogen-bond donors (Lipinski definition) is 4. The normalized spacial score (nSPS) is 14.5. The van der Waals surface area contributed by atoms with Gasteiger partial charge < -0.3 is 35.5 Å². The van der Waals surface area contributed by atoms with Gasteiger partial charge in [-0.1, -0.05) is 48.5 Å². The fourth-order valence-corrected chi connectivity index (χ4v) is 5.09. The van der Waals surface area contributed by atoms with Gasteiger partial charge in [-0.25, -0.2) is 4.79 Å². The Morgan fingerprint density at radius 2 is 1.63 bits per heavy atom. The van der Waals surface area contributed by atoms with E-state index >= 15 is 0 Å². The maximum Gasteiger partial charge on any atom is 0.407 e. The van der Waals surface area contributed by atoms with Gasteiger partial charge in [-0.3, -0.25) is 4.79 Å². The average Bonchev–Trinajstić information content (AvgIpc) is 3.33. The number of aromatic nitrogens is 1. The molecule has 1 aliphatic rings. The van der Waals surface area contributed by atoms with E-state index in [9.17, 15) is 14.7 Å². The van der Waals surface area contributed by atoms with Crippen LogP contribution in [0, 0.1) is 0 Å². The molecule has 0 radical (unpaired) electrons. The minimum Gasteiger partial charge on any atom is -0.496 e. The Hall–Kier alpha value is -4.92. The number of rotatable bonds is 6. The van der Waals surface area contributed by atoms with Gasteiger partial charge in [0.05, 0.1) is 32.1 Å². The number of aromatic amines is 1. The van der Waals surface area contributed by atoms with Gasteiger partial charge in [0.25, 0.3) is 5.91 Å². The molecule has 2 heterocycles. The first-order valence-electron chi connectivity index (χ1n) is 12.1. The summed E-state index contributed by atoms with van der Waals surface area (Å²) in [4.78, 5) is 30.5. The van der Waals surface area contributed by atoms with Crippen molar-refractivity contribution in [3.63, 3.8) is 0 Å². The smallest absolute Gasteiger partial charge is 0.407 e. The number of carboxylic acid groups (broad SMARTS) is 1. The molecular weight excluding hydrogens is 484 g/mol. The second kappa shape index (κ2) is 10.2. The number of amides is 2. The number of ether oxygens (including phenoxy) is 2. The summed E-state index contributed by atoms with van der Waals surface area (Å²) in [6.07, 6.45) is -1.05. The fraction of sp³-hybridized carbons (Fsp3) is 0.172. The number of fused-ring (bicyclic) bond motifs is 1. The predicted molar refractivity (Wildman–Crippen MR) is 145 cm³/mol. The Kier molecular flexibility index (Phi) is 6.66. The summed E-state index contributed by atoms with van der Waals surface area (Å²) in [6.45, 7) is 0.286. The molecule has 5 N–H and O–H groups in total. The minimum atomic E-state index is -1.05. The molecule has 1 aromatic heterocycles. The van der Waals surface area contributed by atoms with Crippen molar-refractivity contribution in [3.05, 3.63) is 95.3 Å². The molecule has 1 atom stereocenters. The topological polar surface area (TPSA) is 130 Å². The Balaban J connectivity index is 1.76. The van der Waals surface area contributed by atoms with E-state index in [4.69, 9.17) is 15.2 Å². The van der Waals surface area contributed by atoms with Crippen LogP contribution >= 0.6 is 0 Å². The number of carbonyl (C=O) groups excluding carboxylic acids is 1. The third kappa shape index (κ3) is 4.39. The highest BCUT2D eigenvalue weighted by atomic mass is 16.5. The van der Waals surface area contributed by atoms with Crippen LogP contribution < -0.4 is 20.5 Å². The zero-order valence-electron chi connectivity index (χ0n) is 21.0. The summed E-state index contributed by atoms with van der Waals surface area (Å²) in [5.41, 5.74) is 10.9. The predicted octanol–water partition coefficient (Wildman–Crippen LogP) is 5.16. The molecule has 5 rings (SSSR count). The molecule has 1 unspecified atom stereocenters. The van der Waals surface area contributed by atoms with Gasteiger partial charge in [0.2, 0.25) is 0 Å². The van der Waals surface area contributed by atoms with Crippen LogP contribution in [-0.2, 0) is 6.54 Å². The Morgan fingerprint density at radius 1 is 0.974 bits per heavy atom. The molecule has 0 bridgehead atoms. The molecule has 0 saturated heterocycles. The molecule has 9 heteroatoms. The lowest BCUT2D eigenvalue weighted by Gasteiger charge is -2.33. The van der Waals surface area contributed by atoms with Crippen LogP contribution in [0.1, 0.15) is 33.2 Å². The van der Waals surface area contributed by atoms with Crippen LogP contribution in [0.5, 0.6) is 11.5 Å². The van der Waals surface area contributed by atoms with Crippen LogP contribution in [0.15, 0.2) is 72.8 Å². The van der Waals surface area contributed by atoms with Crippen molar-refractivity contribution in [2.24, 2.45) is 0 Å². The molecule has 0 aliphatic carbocycles. The number of nitrogen functional groups attached to an aromatic ring is 1. The highest BCUT2D eigenvalue weighted by Crippen LogP contribution is 2.46. The number of H-pyrrole nitrogens is 1. The second-order valence-corrected chi connectivity index (χ2v) is 8.97. The van der Waals surface area contributed by atoms with Gasteiger partial charge in [0.15, 0.2) is 0 Å². The van der Waals surface area contributed by atoms with Crippen molar-refractivity contribution < 1.29 is 24.2 Å². The minimum absolute atomic E-state index is 0.0964. The maximum atomic E-state index is 13.8. The van der Waals surface area contributed by atoms with Gasteiger partial charge in [-0.05, 0) is 29.8 Å². The van der Waals surface area contributed by atoms with Gasteiger partial charge in [-0.15, -0.1) is 0 Å². The number of carbonyl (C=O) groups is 2. The van der Waals surface area contributed by atoms with Crippen LogP contribution in [0.2, 0.25) is 0 Å². The van der Waals surface area contributed by atoms with E-state index < -0.39 is 17.9 Å². The molecular formula is C29H28N4O5. The van der Waals surface area contributed by atoms with E-state index in [-0.39, 0.29) is 18.8 Å². The van der Waals surface area contributed by atoms with Crippen LogP contribution in [0.3, 0.4) is 0 Å². The summed E-state index contributed by atoms with van der Waals surface area (Å²) >= 11 is 0. The van der Waals surface area contributed by atoms with Gasteiger partial charge >= 0.3 is 6.09 Å². The van der Waals surface area contributed by atoms with E-state index in [2.05, 4.69) is 10.3 Å². The van der Waals surface area contributed by atoms with Crippen LogP contribution in [0.25, 0.3) is 11.1 Å². The van der Waals surface area contributed by atoms with Crippen LogP contribution in [-0.4, -0.2) is 47.8 Å². The van der Waals surface area contributed by atoms with Crippen LogP contribution in [0.4, 0.5) is 16.2 Å². The van der Waals surface area contributed by atoms with E-state index in [0.29, 0.717) is 39.7 Å².